The molecule has 1 unspecified atom stereocenters. The molecule has 0 aromatic carbocycles. The zero-order valence-electron chi connectivity index (χ0n) is 18.8. The lowest BCUT2D eigenvalue weighted by molar-refractivity contribution is -0.133. The average Bonchev–Trinajstić information content (AvgIpc) is 3.38. The van der Waals surface area contributed by atoms with E-state index in [1.54, 1.807) is 11.9 Å². The summed E-state index contributed by atoms with van der Waals surface area (Å²) in [4.78, 5) is 57.7. The van der Waals surface area contributed by atoms with E-state index in [0.717, 1.165) is 23.8 Å². The van der Waals surface area contributed by atoms with E-state index in [9.17, 15) is 19.2 Å². The Morgan fingerprint density at radius 3 is 2.56 bits per heavy atom. The summed E-state index contributed by atoms with van der Waals surface area (Å²) in [5.74, 6) is -0.120. The minimum atomic E-state index is -0.474. The Labute approximate surface area is 185 Å². The Bertz CT molecular complexity index is 1140. The molecule has 1 atom stereocenters. The van der Waals surface area contributed by atoms with E-state index in [4.69, 9.17) is 4.74 Å². The van der Waals surface area contributed by atoms with Crippen molar-refractivity contribution in [2.75, 3.05) is 19.7 Å². The van der Waals surface area contributed by atoms with Crippen LogP contribution in [0.5, 0.6) is 0 Å². The number of piperidine rings is 1. The van der Waals surface area contributed by atoms with Crippen LogP contribution in [-0.4, -0.2) is 72.3 Å². The van der Waals surface area contributed by atoms with Crippen molar-refractivity contribution in [3.05, 3.63) is 27.2 Å². The highest BCUT2D eigenvalue weighted by atomic mass is 16.6. The number of aromatic nitrogens is 4. The molecule has 4 heterocycles. The lowest BCUT2D eigenvalue weighted by Gasteiger charge is -2.38. The standard InChI is InChI=1S/C21H30N6O5/c1-4-5-6-15-12-32-21(31)27(15)14-7-9-25(10-8-14)16(28)11-26-13-22-18-17(26)19(29)24(3)20(30)23(18)2/h13-15H,4-12H2,1-3H3. The van der Waals surface area contributed by atoms with Gasteiger partial charge in [-0.2, -0.15) is 0 Å². The van der Waals surface area contributed by atoms with E-state index < -0.39 is 11.2 Å². The van der Waals surface area contributed by atoms with E-state index in [2.05, 4.69) is 11.9 Å². The second kappa shape index (κ2) is 8.79. The molecular formula is C21H30N6O5. The Balaban J connectivity index is 1.43. The van der Waals surface area contributed by atoms with Crippen LogP contribution in [-0.2, 0) is 30.2 Å². The molecule has 2 saturated heterocycles. The highest BCUT2D eigenvalue weighted by Gasteiger charge is 2.39. The van der Waals surface area contributed by atoms with Gasteiger partial charge in [-0.05, 0) is 19.3 Å². The van der Waals surface area contributed by atoms with Gasteiger partial charge in [-0.3, -0.25) is 23.6 Å². The second-order valence-corrected chi connectivity index (χ2v) is 8.64. The third kappa shape index (κ3) is 3.80. The van der Waals surface area contributed by atoms with Crippen LogP contribution < -0.4 is 11.2 Å². The van der Waals surface area contributed by atoms with E-state index >= 15 is 0 Å². The fraction of sp³-hybridized carbons (Fsp3) is 0.667. The molecule has 11 heteroatoms. The van der Waals surface area contributed by atoms with E-state index in [1.807, 2.05) is 4.90 Å². The van der Waals surface area contributed by atoms with Gasteiger partial charge < -0.3 is 14.2 Å². The van der Waals surface area contributed by atoms with Gasteiger partial charge in [0.25, 0.3) is 5.56 Å². The number of ether oxygens (including phenoxy) is 1. The molecule has 0 bridgehead atoms. The van der Waals surface area contributed by atoms with Crippen molar-refractivity contribution in [2.24, 2.45) is 14.1 Å². The van der Waals surface area contributed by atoms with E-state index in [1.165, 1.54) is 22.5 Å². The number of unbranched alkanes of at least 4 members (excludes halogenated alkanes) is 1. The monoisotopic (exact) mass is 446 g/mol. The quantitative estimate of drug-likeness (QED) is 0.636. The molecule has 2 aromatic heterocycles. The Hall–Kier alpha value is -3.11. The number of cyclic esters (lactones) is 1. The second-order valence-electron chi connectivity index (χ2n) is 8.64. The Kier molecular flexibility index (Phi) is 6.07. The summed E-state index contributed by atoms with van der Waals surface area (Å²) in [5, 5.41) is 0. The van der Waals surface area contributed by atoms with Crippen molar-refractivity contribution < 1.29 is 14.3 Å². The SMILES string of the molecule is CCCCC1COC(=O)N1C1CCN(C(=O)Cn2cnc3c2c(=O)n(C)c(=O)n3C)CC1. The number of likely N-dealkylation sites (tertiary alicyclic amines) is 1. The number of carbonyl (C=O) groups is 2. The molecule has 0 radical (unpaired) electrons. The van der Waals surface area contributed by atoms with E-state index in [-0.39, 0.29) is 41.8 Å². The number of amides is 2. The van der Waals surface area contributed by atoms with Gasteiger partial charge in [0.05, 0.1) is 12.4 Å². The van der Waals surface area contributed by atoms with Crippen molar-refractivity contribution in [3.63, 3.8) is 0 Å². The number of rotatable bonds is 6. The van der Waals surface area contributed by atoms with Crippen molar-refractivity contribution in [3.8, 4) is 0 Å². The van der Waals surface area contributed by atoms with Crippen molar-refractivity contribution >= 4 is 23.2 Å². The minimum absolute atomic E-state index is 0.0283. The summed E-state index contributed by atoms with van der Waals surface area (Å²) in [6.45, 7) is 3.63. The fourth-order valence-corrected chi connectivity index (χ4v) is 4.74. The van der Waals surface area contributed by atoms with Gasteiger partial charge in [0.1, 0.15) is 13.2 Å². The summed E-state index contributed by atoms with van der Waals surface area (Å²) in [7, 11) is 2.95. The summed E-state index contributed by atoms with van der Waals surface area (Å²) < 4.78 is 9.11. The first-order chi connectivity index (χ1) is 15.3. The molecular weight excluding hydrogens is 416 g/mol. The molecule has 2 aliphatic heterocycles. The molecule has 11 nitrogen and oxygen atoms in total. The normalized spacial score (nSPS) is 19.7. The number of aryl methyl sites for hydroxylation is 1. The topological polar surface area (TPSA) is 112 Å². The summed E-state index contributed by atoms with van der Waals surface area (Å²) >= 11 is 0. The highest BCUT2D eigenvalue weighted by Crippen LogP contribution is 2.26. The highest BCUT2D eigenvalue weighted by molar-refractivity contribution is 5.79. The molecule has 2 aliphatic rings. The van der Waals surface area contributed by atoms with Crippen LogP contribution in [0.25, 0.3) is 11.2 Å². The lowest BCUT2D eigenvalue weighted by Crippen LogP contribution is -2.50. The molecule has 0 saturated carbocycles. The molecule has 0 spiro atoms. The molecule has 32 heavy (non-hydrogen) atoms. The summed E-state index contributed by atoms with van der Waals surface area (Å²) in [6.07, 6.45) is 5.64. The average molecular weight is 447 g/mol. The fourth-order valence-electron chi connectivity index (χ4n) is 4.74. The van der Waals surface area contributed by atoms with Gasteiger partial charge in [-0.25, -0.2) is 14.6 Å². The van der Waals surface area contributed by atoms with Crippen LogP contribution in [0.4, 0.5) is 4.79 Å². The maximum absolute atomic E-state index is 12.9. The van der Waals surface area contributed by atoms with Crippen LogP contribution in [0.15, 0.2) is 15.9 Å². The molecule has 0 aliphatic carbocycles. The molecule has 2 aromatic rings. The molecule has 2 fully saturated rings. The maximum atomic E-state index is 12.9. The van der Waals surface area contributed by atoms with Crippen molar-refractivity contribution in [1.82, 2.24) is 28.5 Å². The lowest BCUT2D eigenvalue weighted by atomic mass is 10.00. The Morgan fingerprint density at radius 1 is 1.16 bits per heavy atom. The van der Waals surface area contributed by atoms with Gasteiger partial charge in [0.15, 0.2) is 11.2 Å². The zero-order chi connectivity index (χ0) is 23.0. The number of hydrogen-bond acceptors (Lipinski definition) is 6. The van der Waals surface area contributed by atoms with Crippen LogP contribution >= 0.6 is 0 Å². The number of hydrogen-bond donors (Lipinski definition) is 0. The van der Waals surface area contributed by atoms with Gasteiger partial charge >= 0.3 is 11.8 Å². The van der Waals surface area contributed by atoms with Crippen molar-refractivity contribution in [1.29, 1.82) is 0 Å². The largest absolute Gasteiger partial charge is 0.447 e. The van der Waals surface area contributed by atoms with Crippen molar-refractivity contribution in [2.45, 2.75) is 57.7 Å². The molecule has 2 amide bonds. The zero-order valence-corrected chi connectivity index (χ0v) is 18.8. The molecule has 4 rings (SSSR count). The van der Waals surface area contributed by atoms with Crippen LogP contribution in [0.1, 0.15) is 39.0 Å². The predicted molar refractivity (Wildman–Crippen MR) is 116 cm³/mol. The maximum Gasteiger partial charge on any atom is 0.410 e. The number of imidazole rings is 1. The third-order valence-electron chi connectivity index (χ3n) is 6.63. The molecule has 174 valence electrons. The van der Waals surface area contributed by atoms with E-state index in [0.29, 0.717) is 32.5 Å². The first-order valence-electron chi connectivity index (χ1n) is 11.2. The van der Waals surface area contributed by atoms with Gasteiger partial charge in [-0.1, -0.05) is 19.8 Å². The number of fused-ring (bicyclic) bond motifs is 1. The summed E-state index contributed by atoms with van der Waals surface area (Å²) in [5.41, 5.74) is -0.441. The minimum Gasteiger partial charge on any atom is -0.447 e. The third-order valence-corrected chi connectivity index (χ3v) is 6.63. The molecule has 0 N–H and O–H groups in total. The Morgan fingerprint density at radius 2 is 1.88 bits per heavy atom. The van der Waals surface area contributed by atoms with Crippen LogP contribution in [0.3, 0.4) is 0 Å². The van der Waals surface area contributed by atoms with Crippen LogP contribution in [0, 0.1) is 0 Å². The van der Waals surface area contributed by atoms with Gasteiger partial charge in [0, 0.05) is 33.2 Å². The first kappa shape index (κ1) is 22.1. The van der Waals surface area contributed by atoms with Crippen LogP contribution in [0.2, 0.25) is 0 Å². The first-order valence-corrected chi connectivity index (χ1v) is 11.2. The smallest absolute Gasteiger partial charge is 0.410 e. The number of carbonyl (C=O) groups excluding carboxylic acids is 2. The summed E-state index contributed by atoms with van der Waals surface area (Å²) in [6, 6.07) is 0.196. The van der Waals surface area contributed by atoms with Gasteiger partial charge in [0.2, 0.25) is 5.91 Å². The number of nitrogens with zero attached hydrogens (tertiary/aromatic N) is 6. The predicted octanol–water partition coefficient (Wildman–Crippen LogP) is 0.436. The van der Waals surface area contributed by atoms with Gasteiger partial charge in [-0.15, -0.1) is 0 Å².